The van der Waals surface area contributed by atoms with Gasteiger partial charge in [-0.2, -0.15) is 0 Å². The Kier molecular flexibility index (Phi) is 3.62. The lowest BCUT2D eigenvalue weighted by Crippen LogP contribution is -2.23. The fourth-order valence-corrected chi connectivity index (χ4v) is 1.02. The van der Waals surface area contributed by atoms with Gasteiger partial charge in [0.15, 0.2) is 0 Å². The third kappa shape index (κ3) is 3.29. The third-order valence-corrected chi connectivity index (χ3v) is 2.21. The first-order chi connectivity index (χ1) is 7.30. The van der Waals surface area contributed by atoms with Gasteiger partial charge >= 0.3 is 5.97 Å². The first-order valence-corrected chi connectivity index (χ1v) is 5.27. The Morgan fingerprint density at radius 3 is 2.44 bits per heavy atom. The van der Waals surface area contributed by atoms with Crippen molar-refractivity contribution in [2.75, 3.05) is 0 Å². The molecule has 1 aromatic rings. The maximum Gasteiger partial charge on any atom is 0.311 e. The number of hydrogen-bond donors (Lipinski definition) is 0. The largest absolute Gasteiger partial charge is 0.459 e. The molecule has 0 aromatic carbocycles. The molecule has 0 fully saturated rings. The van der Waals surface area contributed by atoms with Crippen molar-refractivity contribution < 1.29 is 9.53 Å². The van der Waals surface area contributed by atoms with E-state index in [4.69, 9.17) is 4.74 Å². The smallest absolute Gasteiger partial charge is 0.311 e. The van der Waals surface area contributed by atoms with Crippen molar-refractivity contribution in [1.82, 2.24) is 9.97 Å². The Hall–Kier alpha value is -1.45. The van der Waals surface area contributed by atoms with Crippen LogP contribution in [0.25, 0.3) is 0 Å². The summed E-state index contributed by atoms with van der Waals surface area (Å²) >= 11 is 0. The van der Waals surface area contributed by atoms with E-state index in [2.05, 4.69) is 9.97 Å². The van der Waals surface area contributed by atoms with E-state index in [1.807, 2.05) is 34.6 Å². The second kappa shape index (κ2) is 4.60. The number of nitrogens with zero attached hydrogens (tertiary/aromatic N) is 2. The molecule has 0 N–H and O–H groups in total. The summed E-state index contributed by atoms with van der Waals surface area (Å²) in [6, 6.07) is 0. The molecule has 0 unspecified atom stereocenters. The molecular weight excluding hydrogens is 204 g/mol. The van der Waals surface area contributed by atoms with Crippen molar-refractivity contribution >= 4 is 5.97 Å². The molecule has 0 aliphatic carbocycles. The molecule has 0 spiro atoms. The number of carbonyl (C=O) groups is 1. The lowest BCUT2D eigenvalue weighted by Gasteiger charge is -2.16. The maximum atomic E-state index is 11.5. The van der Waals surface area contributed by atoms with Gasteiger partial charge < -0.3 is 4.74 Å². The zero-order valence-corrected chi connectivity index (χ0v) is 10.5. The summed E-state index contributed by atoms with van der Waals surface area (Å²) in [7, 11) is 0. The third-order valence-electron chi connectivity index (χ3n) is 2.21. The highest BCUT2D eigenvalue weighted by molar-refractivity contribution is 5.75. The molecule has 4 heteroatoms. The van der Waals surface area contributed by atoms with Gasteiger partial charge in [-0.15, -0.1) is 0 Å². The SMILES string of the molecule is Cc1ncc(COC(=O)C(C)(C)C)nc1C. The second-order valence-electron chi connectivity index (χ2n) is 4.86. The van der Waals surface area contributed by atoms with E-state index in [1.165, 1.54) is 0 Å². The van der Waals surface area contributed by atoms with Crippen LogP contribution >= 0.6 is 0 Å². The van der Waals surface area contributed by atoms with Crippen molar-refractivity contribution in [2.45, 2.75) is 41.2 Å². The molecule has 1 aromatic heterocycles. The van der Waals surface area contributed by atoms with Crippen molar-refractivity contribution in [3.05, 3.63) is 23.3 Å². The predicted octanol–water partition coefficient (Wildman–Crippen LogP) is 2.18. The molecular formula is C12H18N2O2. The van der Waals surface area contributed by atoms with Crippen LogP contribution in [0.5, 0.6) is 0 Å². The van der Waals surface area contributed by atoms with Gasteiger partial charge in [0, 0.05) is 0 Å². The molecule has 1 heterocycles. The zero-order chi connectivity index (χ0) is 12.3. The number of carbonyl (C=O) groups excluding carboxylic acids is 1. The zero-order valence-electron chi connectivity index (χ0n) is 10.5. The van der Waals surface area contributed by atoms with Crippen LogP contribution in [-0.4, -0.2) is 15.9 Å². The highest BCUT2D eigenvalue weighted by atomic mass is 16.5. The van der Waals surface area contributed by atoms with Gasteiger partial charge in [0.25, 0.3) is 0 Å². The Balaban J connectivity index is 2.62. The van der Waals surface area contributed by atoms with Crippen molar-refractivity contribution in [2.24, 2.45) is 5.41 Å². The number of hydrogen-bond acceptors (Lipinski definition) is 4. The minimum Gasteiger partial charge on any atom is -0.459 e. The number of aromatic nitrogens is 2. The summed E-state index contributed by atoms with van der Waals surface area (Å²) in [6.07, 6.45) is 1.64. The highest BCUT2D eigenvalue weighted by Gasteiger charge is 2.23. The lowest BCUT2D eigenvalue weighted by molar-refractivity contribution is -0.154. The minimum absolute atomic E-state index is 0.185. The van der Waals surface area contributed by atoms with Gasteiger partial charge in [0.2, 0.25) is 0 Å². The first kappa shape index (κ1) is 12.6. The van der Waals surface area contributed by atoms with Gasteiger partial charge in [0.1, 0.15) is 6.61 Å². The normalized spacial score (nSPS) is 11.3. The fourth-order valence-electron chi connectivity index (χ4n) is 1.02. The van der Waals surface area contributed by atoms with Crippen molar-refractivity contribution in [3.63, 3.8) is 0 Å². The van der Waals surface area contributed by atoms with E-state index in [0.717, 1.165) is 11.4 Å². The Labute approximate surface area is 96.1 Å². The molecule has 0 amide bonds. The van der Waals surface area contributed by atoms with Crippen LogP contribution in [0.2, 0.25) is 0 Å². The van der Waals surface area contributed by atoms with Gasteiger partial charge in [-0.3, -0.25) is 14.8 Å². The van der Waals surface area contributed by atoms with Crippen LogP contribution in [0.1, 0.15) is 37.9 Å². The average Bonchev–Trinajstić information content (AvgIpc) is 2.18. The van der Waals surface area contributed by atoms with Crippen molar-refractivity contribution in [3.8, 4) is 0 Å². The van der Waals surface area contributed by atoms with Crippen LogP contribution in [0.3, 0.4) is 0 Å². The lowest BCUT2D eigenvalue weighted by atomic mass is 9.97. The van der Waals surface area contributed by atoms with Crippen LogP contribution in [0, 0.1) is 19.3 Å². The molecule has 0 aliphatic heterocycles. The average molecular weight is 222 g/mol. The van der Waals surface area contributed by atoms with E-state index in [0.29, 0.717) is 5.69 Å². The number of ether oxygens (including phenoxy) is 1. The quantitative estimate of drug-likeness (QED) is 0.720. The van der Waals surface area contributed by atoms with Crippen LogP contribution in [-0.2, 0) is 16.1 Å². The van der Waals surface area contributed by atoms with E-state index >= 15 is 0 Å². The summed E-state index contributed by atoms with van der Waals surface area (Å²) in [5, 5.41) is 0. The topological polar surface area (TPSA) is 52.1 Å². The minimum atomic E-state index is -0.479. The molecule has 0 saturated heterocycles. The fraction of sp³-hybridized carbons (Fsp3) is 0.583. The number of rotatable bonds is 2. The molecule has 0 bridgehead atoms. The number of aryl methyl sites for hydroxylation is 2. The standard InChI is InChI=1S/C12H18N2O2/c1-8-9(2)14-10(6-13-8)7-16-11(15)12(3,4)5/h6H,7H2,1-5H3. The summed E-state index contributed by atoms with van der Waals surface area (Å²) in [5.41, 5.74) is 1.96. The summed E-state index contributed by atoms with van der Waals surface area (Å²) in [6.45, 7) is 9.43. The molecule has 0 aliphatic rings. The first-order valence-electron chi connectivity index (χ1n) is 5.27. The molecule has 88 valence electrons. The number of esters is 1. The van der Waals surface area contributed by atoms with Crippen LogP contribution in [0.15, 0.2) is 6.20 Å². The van der Waals surface area contributed by atoms with E-state index < -0.39 is 5.41 Å². The summed E-state index contributed by atoms with van der Waals surface area (Å²) in [4.78, 5) is 20.0. The van der Waals surface area contributed by atoms with Crippen molar-refractivity contribution in [1.29, 1.82) is 0 Å². The molecule has 16 heavy (non-hydrogen) atoms. The van der Waals surface area contributed by atoms with E-state index in [1.54, 1.807) is 6.20 Å². The summed E-state index contributed by atoms with van der Waals surface area (Å²) < 4.78 is 5.15. The van der Waals surface area contributed by atoms with Gasteiger partial charge in [-0.05, 0) is 34.6 Å². The molecule has 0 atom stereocenters. The molecule has 4 nitrogen and oxygen atoms in total. The Morgan fingerprint density at radius 2 is 1.94 bits per heavy atom. The predicted molar refractivity (Wildman–Crippen MR) is 60.8 cm³/mol. The second-order valence-corrected chi connectivity index (χ2v) is 4.86. The van der Waals surface area contributed by atoms with E-state index in [9.17, 15) is 4.79 Å². The van der Waals surface area contributed by atoms with Gasteiger partial charge in [-0.25, -0.2) is 0 Å². The van der Waals surface area contributed by atoms with Crippen LogP contribution in [0.4, 0.5) is 0 Å². The van der Waals surface area contributed by atoms with Gasteiger partial charge in [-0.1, -0.05) is 0 Å². The van der Waals surface area contributed by atoms with Crippen LogP contribution < -0.4 is 0 Å². The summed E-state index contributed by atoms with van der Waals surface area (Å²) in [5.74, 6) is -0.229. The molecule has 1 rings (SSSR count). The van der Waals surface area contributed by atoms with E-state index in [-0.39, 0.29) is 12.6 Å². The van der Waals surface area contributed by atoms with Gasteiger partial charge in [0.05, 0.1) is 28.7 Å². The monoisotopic (exact) mass is 222 g/mol. The Bertz CT molecular complexity index is 394. The maximum absolute atomic E-state index is 11.5. The molecule has 0 radical (unpaired) electrons. The molecule has 0 saturated carbocycles. The Morgan fingerprint density at radius 1 is 1.31 bits per heavy atom. The highest BCUT2D eigenvalue weighted by Crippen LogP contribution is 2.16.